The lowest BCUT2D eigenvalue weighted by Crippen LogP contribution is -2.38. The molecule has 1 aliphatic heterocycles. The number of hydrogen-bond donors (Lipinski definition) is 2. The molecule has 0 amide bonds. The molecule has 1 atom stereocenters. The normalized spacial score (nSPS) is 15.8. The van der Waals surface area contributed by atoms with Gasteiger partial charge >= 0.3 is 6.18 Å². The van der Waals surface area contributed by atoms with Gasteiger partial charge in [0.05, 0.1) is 29.2 Å². The van der Waals surface area contributed by atoms with Gasteiger partial charge in [-0.3, -0.25) is 0 Å². The number of aromatic nitrogens is 3. The minimum absolute atomic E-state index is 0.0287. The molecule has 0 bridgehead atoms. The second-order valence-corrected chi connectivity index (χ2v) is 11.0. The number of rotatable bonds is 9. The third kappa shape index (κ3) is 6.34. The van der Waals surface area contributed by atoms with Gasteiger partial charge in [-0.1, -0.05) is 20.3 Å². The molecule has 2 N–H and O–H groups in total. The van der Waals surface area contributed by atoms with Crippen LogP contribution >= 0.6 is 19.5 Å². The fourth-order valence-corrected chi connectivity index (χ4v) is 6.31. The van der Waals surface area contributed by atoms with Crippen LogP contribution in [-0.4, -0.2) is 53.4 Å². The highest BCUT2D eigenvalue weighted by molar-refractivity contribution is 7.40. The largest absolute Gasteiger partial charge is 0.454 e. The number of nitrogens with one attached hydrogen (secondary N) is 2. The zero-order valence-corrected chi connectivity index (χ0v) is 24.0. The molecule has 2 aromatic carbocycles. The fourth-order valence-electron chi connectivity index (χ4n) is 4.85. The van der Waals surface area contributed by atoms with E-state index in [-0.39, 0.29) is 23.2 Å². The highest BCUT2D eigenvalue weighted by Crippen LogP contribution is 2.49. The molecule has 5 rings (SSSR count). The molecule has 1 fully saturated rings. The fraction of sp³-hybridized carbons (Fsp3) is 0.286. The van der Waals surface area contributed by atoms with Crippen LogP contribution in [0.2, 0.25) is 0 Å². The van der Waals surface area contributed by atoms with Gasteiger partial charge in [0.25, 0.3) is 0 Å². The Kier molecular flexibility index (Phi) is 8.82. The van der Waals surface area contributed by atoms with E-state index in [1.165, 1.54) is 35.6 Å². The second kappa shape index (κ2) is 12.5. The highest BCUT2D eigenvalue weighted by atomic mass is 32.1. The lowest BCUT2D eigenvalue weighted by Gasteiger charge is -2.32. The smallest absolute Gasteiger partial charge is 0.422 e. The summed E-state index contributed by atoms with van der Waals surface area (Å²) in [6, 6.07) is 9.84. The Bertz CT molecular complexity index is 1530. The van der Waals surface area contributed by atoms with Crippen molar-refractivity contribution in [1.29, 1.82) is 0 Å². The molecule has 0 radical (unpaired) electrons. The van der Waals surface area contributed by atoms with Gasteiger partial charge in [-0.15, -0.1) is 11.3 Å². The molecule has 4 aromatic rings. The van der Waals surface area contributed by atoms with Crippen LogP contribution in [0.4, 0.5) is 28.9 Å². The SMILES string of the molecule is CNC[C@H]1CCCN1c1c(N/C(=P\C)c2csc(-c3ccnnc3)n2)ccc(Oc2ccccc2F)c1C(F)(F)F. The molecule has 1 aliphatic rings. The van der Waals surface area contributed by atoms with E-state index in [2.05, 4.69) is 20.8 Å². The summed E-state index contributed by atoms with van der Waals surface area (Å²) in [5, 5.41) is 16.6. The summed E-state index contributed by atoms with van der Waals surface area (Å²) in [7, 11) is 2.55. The maximum Gasteiger partial charge on any atom is 0.422 e. The van der Waals surface area contributed by atoms with E-state index >= 15 is 0 Å². The molecule has 0 saturated carbocycles. The van der Waals surface area contributed by atoms with Crippen molar-refractivity contribution in [2.24, 2.45) is 0 Å². The van der Waals surface area contributed by atoms with E-state index in [0.29, 0.717) is 24.2 Å². The Labute approximate surface area is 240 Å². The molecule has 0 spiro atoms. The summed E-state index contributed by atoms with van der Waals surface area (Å²) in [5.41, 5.74) is 1.33. The van der Waals surface area contributed by atoms with Gasteiger partial charge < -0.3 is 20.3 Å². The van der Waals surface area contributed by atoms with Gasteiger partial charge in [-0.05, 0) is 56.9 Å². The van der Waals surface area contributed by atoms with Gasteiger partial charge in [-0.2, -0.15) is 23.4 Å². The second-order valence-electron chi connectivity index (χ2n) is 9.28. The monoisotopic (exact) mass is 602 g/mol. The van der Waals surface area contributed by atoms with Gasteiger partial charge in [-0.25, -0.2) is 9.37 Å². The summed E-state index contributed by atoms with van der Waals surface area (Å²) < 4.78 is 64.8. The standard InChI is InChI=1S/C28H27F4N6OPS/c1-33-15-18-6-5-13-38(18)25-20(36-26(40-2)21-16-41-27(37-21)17-11-12-34-35-14-17)9-10-23(24(25)28(30,31)32)39-22-8-4-3-7-19(22)29/h3-4,7-12,14,16,18,33,36H,5-6,13,15H2,1-2H3/t18-/m1/s1. The number of hydrogen-bond acceptors (Lipinski definition) is 7. The minimum Gasteiger partial charge on any atom is -0.454 e. The number of thiazole rings is 1. The molecular weight excluding hydrogens is 575 g/mol. The molecule has 3 heterocycles. The number of nitrogens with zero attached hydrogens (tertiary/aromatic N) is 4. The third-order valence-corrected chi connectivity index (χ3v) is 8.32. The lowest BCUT2D eigenvalue weighted by atomic mass is 10.1. The first-order valence-electron chi connectivity index (χ1n) is 12.8. The predicted molar refractivity (Wildman–Crippen MR) is 156 cm³/mol. The van der Waals surface area contributed by atoms with Crippen molar-refractivity contribution in [3.63, 3.8) is 0 Å². The highest BCUT2D eigenvalue weighted by Gasteiger charge is 2.42. The van der Waals surface area contributed by atoms with E-state index in [9.17, 15) is 17.6 Å². The molecule has 41 heavy (non-hydrogen) atoms. The first-order valence-corrected chi connectivity index (χ1v) is 15.1. The van der Waals surface area contributed by atoms with Crippen LogP contribution in [0.1, 0.15) is 24.1 Å². The van der Waals surface area contributed by atoms with E-state index in [0.717, 1.165) is 37.7 Å². The molecule has 2 aromatic heterocycles. The molecular formula is C28H27F4N6OPS. The maximum atomic E-state index is 14.9. The Hall–Kier alpha value is -3.60. The Morgan fingerprint density at radius 3 is 2.68 bits per heavy atom. The van der Waals surface area contributed by atoms with Crippen LogP contribution in [0, 0.1) is 5.82 Å². The average Bonchev–Trinajstić information content (AvgIpc) is 3.64. The zero-order valence-electron chi connectivity index (χ0n) is 22.2. The van der Waals surface area contributed by atoms with Crippen molar-refractivity contribution in [3.05, 3.63) is 77.3 Å². The van der Waals surface area contributed by atoms with Crippen molar-refractivity contribution in [2.75, 3.05) is 37.0 Å². The van der Waals surface area contributed by atoms with Crippen LogP contribution in [0.15, 0.2) is 60.2 Å². The van der Waals surface area contributed by atoms with Crippen molar-refractivity contribution < 1.29 is 22.3 Å². The van der Waals surface area contributed by atoms with Crippen LogP contribution in [0.3, 0.4) is 0 Å². The van der Waals surface area contributed by atoms with E-state index < -0.39 is 23.3 Å². The molecule has 7 nitrogen and oxygen atoms in total. The molecule has 214 valence electrons. The van der Waals surface area contributed by atoms with Gasteiger partial charge in [0.2, 0.25) is 0 Å². The first-order chi connectivity index (χ1) is 19.8. The predicted octanol–water partition coefficient (Wildman–Crippen LogP) is 6.90. The van der Waals surface area contributed by atoms with E-state index in [4.69, 9.17) is 9.72 Å². The van der Waals surface area contributed by atoms with Crippen LogP contribution in [0.25, 0.3) is 10.6 Å². The number of anilines is 2. The van der Waals surface area contributed by atoms with Crippen molar-refractivity contribution in [1.82, 2.24) is 20.5 Å². The maximum absolute atomic E-state index is 14.9. The number of benzene rings is 2. The van der Waals surface area contributed by atoms with Crippen LogP contribution < -0.4 is 20.3 Å². The summed E-state index contributed by atoms with van der Waals surface area (Å²) >= 11 is 1.41. The third-order valence-electron chi connectivity index (χ3n) is 6.64. The Balaban J connectivity index is 1.60. The number of para-hydroxylation sites is 1. The topological polar surface area (TPSA) is 75.2 Å². The quantitative estimate of drug-likeness (QED) is 0.159. The number of alkyl halides is 3. The number of halogens is 4. The first kappa shape index (κ1) is 28.9. The van der Waals surface area contributed by atoms with Crippen molar-refractivity contribution in [3.8, 4) is 22.1 Å². The van der Waals surface area contributed by atoms with Crippen molar-refractivity contribution in [2.45, 2.75) is 25.1 Å². The number of ether oxygens (including phenoxy) is 1. The van der Waals surface area contributed by atoms with Crippen LogP contribution in [0.5, 0.6) is 11.5 Å². The lowest BCUT2D eigenvalue weighted by molar-refractivity contribution is -0.138. The van der Waals surface area contributed by atoms with Crippen LogP contribution in [-0.2, 0) is 6.18 Å². The van der Waals surface area contributed by atoms with Gasteiger partial charge in [0, 0.05) is 30.1 Å². The molecule has 0 aliphatic carbocycles. The minimum atomic E-state index is -4.79. The summed E-state index contributed by atoms with van der Waals surface area (Å²) in [6.07, 6.45) is -0.137. The molecule has 0 unspecified atom stereocenters. The van der Waals surface area contributed by atoms with Gasteiger partial charge in [0.15, 0.2) is 11.6 Å². The zero-order chi connectivity index (χ0) is 29.0. The van der Waals surface area contributed by atoms with Gasteiger partial charge in [0.1, 0.15) is 22.0 Å². The van der Waals surface area contributed by atoms with E-state index in [1.807, 2.05) is 12.0 Å². The molecule has 1 saturated heterocycles. The summed E-state index contributed by atoms with van der Waals surface area (Å²) in [5.74, 6) is -1.49. The Morgan fingerprint density at radius 1 is 1.15 bits per heavy atom. The average molecular weight is 603 g/mol. The molecule has 13 heteroatoms. The summed E-state index contributed by atoms with van der Waals surface area (Å²) in [4.78, 5) is 6.48. The van der Waals surface area contributed by atoms with Crippen molar-refractivity contribution >= 4 is 36.3 Å². The number of likely N-dealkylation sites (N-methyl/N-ethyl adjacent to an activating group) is 1. The summed E-state index contributed by atoms with van der Waals surface area (Å²) in [6.45, 7) is 2.82. The Morgan fingerprint density at radius 2 is 1.98 bits per heavy atom. The van der Waals surface area contributed by atoms with E-state index in [1.54, 1.807) is 36.5 Å².